The van der Waals surface area contributed by atoms with Crippen LogP contribution in [0.1, 0.15) is 6.42 Å². The highest BCUT2D eigenvalue weighted by atomic mass is 32.2. The van der Waals surface area contributed by atoms with Crippen LogP contribution in [0.5, 0.6) is 0 Å². The fourth-order valence-corrected chi connectivity index (χ4v) is 2.39. The molecule has 1 atom stereocenters. The average molecular weight is 211 g/mol. The molecule has 1 heterocycles. The molecule has 0 aromatic carbocycles. The van der Waals surface area contributed by atoms with Gasteiger partial charge in [-0.25, -0.2) is 8.78 Å². The minimum absolute atomic E-state index is 0.380. The van der Waals surface area contributed by atoms with Crippen molar-refractivity contribution in [1.29, 1.82) is 0 Å². The summed E-state index contributed by atoms with van der Waals surface area (Å²) in [5.74, 6) is 2.34. The summed E-state index contributed by atoms with van der Waals surface area (Å²) in [6, 6.07) is 0.556. The van der Waals surface area contributed by atoms with Crippen molar-refractivity contribution in [3.05, 3.63) is 0 Å². The van der Waals surface area contributed by atoms with E-state index in [2.05, 4.69) is 5.32 Å². The lowest BCUT2D eigenvalue weighted by Crippen LogP contribution is -2.31. The zero-order valence-corrected chi connectivity index (χ0v) is 8.29. The lowest BCUT2D eigenvalue weighted by molar-refractivity contribution is 0.0183. The van der Waals surface area contributed by atoms with Gasteiger partial charge in [0.1, 0.15) is 6.61 Å². The molecule has 1 rings (SSSR count). The first-order chi connectivity index (χ1) is 6.29. The zero-order valence-electron chi connectivity index (χ0n) is 7.47. The van der Waals surface area contributed by atoms with Crippen molar-refractivity contribution in [2.45, 2.75) is 18.9 Å². The molecule has 0 radical (unpaired) electrons. The summed E-state index contributed by atoms with van der Waals surface area (Å²) >= 11 is 1.93. The molecule has 78 valence electrons. The number of hydrogen-bond donors (Lipinski definition) is 1. The molecule has 0 amide bonds. The van der Waals surface area contributed by atoms with Crippen molar-refractivity contribution < 1.29 is 13.5 Å². The highest BCUT2D eigenvalue weighted by Gasteiger charge is 2.13. The largest absolute Gasteiger partial charge is 0.374 e. The molecule has 0 aliphatic carbocycles. The van der Waals surface area contributed by atoms with Crippen LogP contribution < -0.4 is 5.32 Å². The second-order valence-electron chi connectivity index (χ2n) is 2.98. The molecule has 1 N–H and O–H groups in total. The molecule has 0 spiro atoms. The second-order valence-corrected chi connectivity index (χ2v) is 4.13. The van der Waals surface area contributed by atoms with Crippen LogP contribution in [0, 0.1) is 0 Å². The van der Waals surface area contributed by atoms with E-state index in [0.717, 1.165) is 5.75 Å². The molecular weight excluding hydrogens is 196 g/mol. The average Bonchev–Trinajstić information content (AvgIpc) is 2.55. The van der Waals surface area contributed by atoms with Crippen LogP contribution in [0.4, 0.5) is 8.78 Å². The number of alkyl halides is 2. The summed E-state index contributed by atoms with van der Waals surface area (Å²) in [7, 11) is 0. The second kappa shape index (κ2) is 6.56. The Morgan fingerprint density at radius 1 is 1.54 bits per heavy atom. The number of halogens is 2. The zero-order chi connectivity index (χ0) is 9.52. The maximum atomic E-state index is 11.6. The summed E-state index contributed by atoms with van der Waals surface area (Å²) in [4.78, 5) is 0. The molecular formula is C8H15F2NOS. The van der Waals surface area contributed by atoms with Crippen LogP contribution in [-0.4, -0.2) is 43.7 Å². The van der Waals surface area contributed by atoms with E-state index in [1.807, 2.05) is 11.8 Å². The highest BCUT2D eigenvalue weighted by Crippen LogP contribution is 2.16. The van der Waals surface area contributed by atoms with Crippen molar-refractivity contribution in [1.82, 2.24) is 5.32 Å². The van der Waals surface area contributed by atoms with Crippen LogP contribution in [0.15, 0.2) is 0 Å². The summed E-state index contributed by atoms with van der Waals surface area (Å²) in [5, 5.41) is 3.26. The van der Waals surface area contributed by atoms with Gasteiger partial charge in [-0.3, -0.25) is 0 Å². The smallest absolute Gasteiger partial charge is 0.261 e. The van der Waals surface area contributed by atoms with E-state index >= 15 is 0 Å². The standard InChI is InChI=1S/C8H15F2NOS/c9-8(10)5-12-3-2-11-7-1-4-13-6-7/h7-8,11H,1-6H2. The molecule has 0 aromatic heterocycles. The molecule has 1 saturated heterocycles. The fourth-order valence-electron chi connectivity index (χ4n) is 1.20. The molecule has 1 unspecified atom stereocenters. The lowest BCUT2D eigenvalue weighted by Gasteiger charge is -2.10. The van der Waals surface area contributed by atoms with Gasteiger partial charge < -0.3 is 10.1 Å². The van der Waals surface area contributed by atoms with Gasteiger partial charge in [-0.15, -0.1) is 0 Å². The molecule has 13 heavy (non-hydrogen) atoms. The van der Waals surface area contributed by atoms with Gasteiger partial charge in [-0.2, -0.15) is 11.8 Å². The molecule has 2 nitrogen and oxygen atoms in total. The Balaban J connectivity index is 1.83. The van der Waals surface area contributed by atoms with Gasteiger partial charge in [0.25, 0.3) is 6.43 Å². The SMILES string of the molecule is FC(F)COCCNC1CCSC1. The molecule has 5 heteroatoms. The van der Waals surface area contributed by atoms with Gasteiger partial charge in [-0.05, 0) is 12.2 Å². The van der Waals surface area contributed by atoms with E-state index in [9.17, 15) is 8.78 Å². The van der Waals surface area contributed by atoms with E-state index in [1.165, 1.54) is 12.2 Å². The summed E-state index contributed by atoms with van der Waals surface area (Å²) in [6.45, 7) is 0.616. The molecule has 1 aliphatic heterocycles. The first-order valence-corrected chi connectivity index (χ1v) is 5.61. The molecule has 0 bridgehead atoms. The van der Waals surface area contributed by atoms with Crippen LogP contribution >= 0.6 is 11.8 Å². The minimum Gasteiger partial charge on any atom is -0.374 e. The Labute approximate surface area is 81.4 Å². The summed E-state index contributed by atoms with van der Waals surface area (Å²) < 4.78 is 28.0. The normalized spacial score (nSPS) is 22.8. The van der Waals surface area contributed by atoms with Gasteiger partial charge in [0.2, 0.25) is 0 Å². The van der Waals surface area contributed by atoms with Gasteiger partial charge in [0, 0.05) is 18.3 Å². The third-order valence-corrected chi connectivity index (χ3v) is 3.02. The maximum Gasteiger partial charge on any atom is 0.261 e. The van der Waals surface area contributed by atoms with Crippen LogP contribution in [-0.2, 0) is 4.74 Å². The number of nitrogens with one attached hydrogen (secondary N) is 1. The monoisotopic (exact) mass is 211 g/mol. The van der Waals surface area contributed by atoms with Gasteiger partial charge in [0.05, 0.1) is 6.61 Å². The Morgan fingerprint density at radius 2 is 2.38 bits per heavy atom. The van der Waals surface area contributed by atoms with Gasteiger partial charge in [0.15, 0.2) is 0 Å². The van der Waals surface area contributed by atoms with Crippen LogP contribution in [0.2, 0.25) is 0 Å². The van der Waals surface area contributed by atoms with Crippen molar-refractivity contribution in [2.24, 2.45) is 0 Å². The molecule has 1 aliphatic rings. The van der Waals surface area contributed by atoms with Crippen molar-refractivity contribution in [3.63, 3.8) is 0 Å². The van der Waals surface area contributed by atoms with Gasteiger partial charge in [-0.1, -0.05) is 0 Å². The number of thioether (sulfide) groups is 1. The minimum atomic E-state index is -2.35. The Morgan fingerprint density at radius 3 is 3.00 bits per heavy atom. The number of ether oxygens (including phenoxy) is 1. The van der Waals surface area contributed by atoms with Crippen molar-refractivity contribution >= 4 is 11.8 Å². The van der Waals surface area contributed by atoms with E-state index in [1.54, 1.807) is 0 Å². The summed E-state index contributed by atoms with van der Waals surface area (Å²) in [5.41, 5.74) is 0. The van der Waals surface area contributed by atoms with E-state index < -0.39 is 13.0 Å². The predicted octanol–water partition coefficient (Wildman–Crippen LogP) is 1.36. The Kier molecular flexibility index (Phi) is 5.66. The molecule has 0 aromatic rings. The number of rotatable bonds is 6. The predicted molar refractivity (Wildman–Crippen MR) is 50.6 cm³/mol. The molecule has 1 fully saturated rings. The Hall–Kier alpha value is 0.130. The maximum absolute atomic E-state index is 11.6. The first kappa shape index (κ1) is 11.2. The van der Waals surface area contributed by atoms with Crippen LogP contribution in [0.25, 0.3) is 0 Å². The Bertz CT molecular complexity index is 131. The summed E-state index contributed by atoms with van der Waals surface area (Å²) in [6.07, 6.45) is -1.17. The van der Waals surface area contributed by atoms with Crippen LogP contribution in [0.3, 0.4) is 0 Å². The van der Waals surface area contributed by atoms with Crippen molar-refractivity contribution in [3.8, 4) is 0 Å². The lowest BCUT2D eigenvalue weighted by atomic mass is 10.3. The van der Waals surface area contributed by atoms with E-state index in [0.29, 0.717) is 19.2 Å². The van der Waals surface area contributed by atoms with E-state index in [4.69, 9.17) is 4.74 Å². The highest BCUT2D eigenvalue weighted by molar-refractivity contribution is 7.99. The van der Waals surface area contributed by atoms with Gasteiger partial charge >= 0.3 is 0 Å². The first-order valence-electron chi connectivity index (χ1n) is 4.46. The quantitative estimate of drug-likeness (QED) is 0.670. The topological polar surface area (TPSA) is 21.3 Å². The van der Waals surface area contributed by atoms with Crippen molar-refractivity contribution in [2.75, 3.05) is 31.3 Å². The molecule has 0 saturated carbocycles. The third-order valence-electron chi connectivity index (χ3n) is 1.85. The third kappa shape index (κ3) is 5.44. The fraction of sp³-hybridized carbons (Fsp3) is 1.00. The number of hydrogen-bond acceptors (Lipinski definition) is 3. The van der Waals surface area contributed by atoms with E-state index in [-0.39, 0.29) is 0 Å².